The molecule has 0 radical (unpaired) electrons. The van der Waals surface area contributed by atoms with Crippen molar-refractivity contribution in [1.29, 1.82) is 0 Å². The monoisotopic (exact) mass is 612 g/mol. The first kappa shape index (κ1) is 34.1. The number of carbonyl (C=O) groups excluding carboxylic acids is 2. The fraction of sp³-hybridized carbons (Fsp3) is 0.436. The minimum Gasteiger partial charge on any atom is -0.462 e. The average Bonchev–Trinajstić information content (AvgIpc) is 3.07. The lowest BCUT2D eigenvalue weighted by molar-refractivity contribution is -0.140. The molecule has 0 atom stereocenters. The molecule has 0 saturated heterocycles. The molecule has 6 nitrogen and oxygen atoms in total. The molecular formula is C39H48O6. The lowest BCUT2D eigenvalue weighted by Gasteiger charge is -2.29. The Labute approximate surface area is 267 Å². The molecule has 2 N–H and O–H groups in total. The van der Waals surface area contributed by atoms with Gasteiger partial charge in [0.2, 0.25) is 0 Å². The van der Waals surface area contributed by atoms with Gasteiger partial charge in [0.25, 0.3) is 0 Å². The van der Waals surface area contributed by atoms with Gasteiger partial charge >= 0.3 is 11.9 Å². The summed E-state index contributed by atoms with van der Waals surface area (Å²) in [7, 11) is 0. The molecule has 0 heterocycles. The topological polar surface area (TPSA) is 93.1 Å². The smallest absolute Gasteiger partial charge is 0.335 e. The van der Waals surface area contributed by atoms with Crippen LogP contribution in [0.1, 0.15) is 80.9 Å². The van der Waals surface area contributed by atoms with Crippen LogP contribution in [0.25, 0.3) is 21.9 Å². The first-order valence-electron chi connectivity index (χ1n) is 16.4. The largest absolute Gasteiger partial charge is 0.462 e. The molecule has 240 valence electrons. The van der Waals surface area contributed by atoms with Gasteiger partial charge in [-0.2, -0.15) is 0 Å². The first-order valence-corrected chi connectivity index (χ1v) is 16.4. The summed E-state index contributed by atoms with van der Waals surface area (Å²) >= 11 is 0. The van der Waals surface area contributed by atoms with Crippen molar-refractivity contribution in [2.75, 3.05) is 26.4 Å². The minimum absolute atomic E-state index is 0.0191. The van der Waals surface area contributed by atoms with E-state index in [2.05, 4.69) is 68.6 Å². The maximum absolute atomic E-state index is 12.0. The predicted octanol–water partition coefficient (Wildman–Crippen LogP) is 7.63. The third kappa shape index (κ3) is 9.62. The van der Waals surface area contributed by atoms with Crippen LogP contribution in [0.3, 0.4) is 0 Å². The van der Waals surface area contributed by atoms with Crippen LogP contribution in [0.5, 0.6) is 0 Å². The fourth-order valence-corrected chi connectivity index (χ4v) is 6.31. The van der Waals surface area contributed by atoms with Crippen molar-refractivity contribution in [1.82, 2.24) is 0 Å². The zero-order valence-corrected chi connectivity index (χ0v) is 26.7. The highest BCUT2D eigenvalue weighted by atomic mass is 16.5. The van der Waals surface area contributed by atoms with Gasteiger partial charge in [0.15, 0.2) is 0 Å². The Morgan fingerprint density at radius 1 is 0.778 bits per heavy atom. The van der Waals surface area contributed by atoms with Crippen LogP contribution in [0.15, 0.2) is 78.9 Å². The first-order chi connectivity index (χ1) is 21.8. The number of hydrogen-bond acceptors (Lipinski definition) is 6. The lowest BCUT2D eigenvalue weighted by atomic mass is 9.77. The van der Waals surface area contributed by atoms with Crippen molar-refractivity contribution in [3.05, 3.63) is 95.6 Å². The van der Waals surface area contributed by atoms with E-state index in [4.69, 9.17) is 19.7 Å². The van der Waals surface area contributed by atoms with Gasteiger partial charge in [-0.25, -0.2) is 9.59 Å². The van der Waals surface area contributed by atoms with Crippen molar-refractivity contribution in [3.8, 4) is 11.1 Å². The quantitative estimate of drug-likeness (QED) is 0.0982. The molecule has 45 heavy (non-hydrogen) atoms. The predicted molar refractivity (Wildman–Crippen MR) is 180 cm³/mol. The van der Waals surface area contributed by atoms with Crippen LogP contribution in [0.4, 0.5) is 0 Å². The summed E-state index contributed by atoms with van der Waals surface area (Å²) in [5.41, 5.74) is 5.73. The number of unbranched alkanes of at least 4 members (excludes halogenated alkanes) is 2. The summed E-state index contributed by atoms with van der Waals surface area (Å²) in [5.74, 6) is 0.328. The van der Waals surface area contributed by atoms with E-state index in [1.54, 1.807) is 0 Å². The normalized spacial score (nSPS) is 16.3. The third-order valence-corrected chi connectivity index (χ3v) is 9.06. The van der Waals surface area contributed by atoms with Gasteiger partial charge in [-0.1, -0.05) is 94.3 Å². The lowest BCUT2D eigenvalue weighted by Crippen LogP contribution is -2.13. The summed E-state index contributed by atoms with van der Waals surface area (Å²) in [4.78, 5) is 24.0. The van der Waals surface area contributed by atoms with Crippen LogP contribution < -0.4 is 0 Å². The molecule has 3 aromatic rings. The van der Waals surface area contributed by atoms with Crippen LogP contribution in [0.2, 0.25) is 0 Å². The summed E-state index contributed by atoms with van der Waals surface area (Å²) in [6.07, 6.45) is 11.6. The van der Waals surface area contributed by atoms with Gasteiger partial charge in [0.05, 0.1) is 37.6 Å². The molecule has 3 aromatic carbocycles. The second kappa shape index (κ2) is 17.1. The minimum atomic E-state index is -0.611. The molecule has 0 spiro atoms. The van der Waals surface area contributed by atoms with Gasteiger partial charge in [-0.05, 0) is 82.2 Å². The number of aliphatic hydroxyl groups is 2. The SMILES string of the molecule is C=C(CO)C(=O)OCCc1cc(CCOC(=O)C(=C)CO)c2ccc(-c3ccc(C4CCC(CCCCC)CC4)cc3)cc2c1. The van der Waals surface area contributed by atoms with Crippen molar-refractivity contribution in [3.63, 3.8) is 0 Å². The molecule has 1 fully saturated rings. The molecule has 6 heteroatoms. The summed E-state index contributed by atoms with van der Waals surface area (Å²) < 4.78 is 10.6. The molecular weight excluding hydrogens is 564 g/mol. The highest BCUT2D eigenvalue weighted by Gasteiger charge is 2.22. The number of ether oxygens (including phenoxy) is 2. The number of esters is 2. The van der Waals surface area contributed by atoms with Crippen molar-refractivity contribution in [2.45, 2.75) is 77.0 Å². The Balaban J connectivity index is 1.49. The van der Waals surface area contributed by atoms with Crippen LogP contribution >= 0.6 is 0 Å². The number of aliphatic hydroxyl groups excluding tert-OH is 2. The van der Waals surface area contributed by atoms with Crippen LogP contribution in [-0.4, -0.2) is 48.6 Å². The summed E-state index contributed by atoms with van der Waals surface area (Å²) in [6.45, 7) is 8.73. The van der Waals surface area contributed by atoms with E-state index in [0.29, 0.717) is 18.8 Å². The van der Waals surface area contributed by atoms with Gasteiger partial charge in [0, 0.05) is 12.8 Å². The Morgan fingerprint density at radius 2 is 1.40 bits per heavy atom. The van der Waals surface area contributed by atoms with Crippen LogP contribution in [-0.2, 0) is 31.9 Å². The molecule has 0 bridgehead atoms. The van der Waals surface area contributed by atoms with E-state index in [0.717, 1.165) is 38.9 Å². The summed E-state index contributed by atoms with van der Waals surface area (Å²) in [6, 6.07) is 19.6. The van der Waals surface area contributed by atoms with E-state index in [-0.39, 0.29) is 24.4 Å². The zero-order chi connectivity index (χ0) is 32.2. The van der Waals surface area contributed by atoms with E-state index in [1.165, 1.54) is 56.9 Å². The molecule has 0 aromatic heterocycles. The van der Waals surface area contributed by atoms with Crippen molar-refractivity contribution >= 4 is 22.7 Å². The molecule has 4 rings (SSSR count). The maximum Gasteiger partial charge on any atom is 0.335 e. The van der Waals surface area contributed by atoms with Gasteiger partial charge < -0.3 is 19.7 Å². The number of fused-ring (bicyclic) bond motifs is 1. The van der Waals surface area contributed by atoms with Crippen LogP contribution in [0, 0.1) is 5.92 Å². The molecule has 0 amide bonds. The highest BCUT2D eigenvalue weighted by Crippen LogP contribution is 2.38. The molecule has 1 aliphatic rings. The van der Waals surface area contributed by atoms with Gasteiger partial charge in [-0.15, -0.1) is 0 Å². The Bertz CT molecular complexity index is 1460. The highest BCUT2D eigenvalue weighted by molar-refractivity contribution is 5.91. The third-order valence-electron chi connectivity index (χ3n) is 9.06. The Morgan fingerprint density at radius 3 is 2.02 bits per heavy atom. The average molecular weight is 613 g/mol. The van der Waals surface area contributed by atoms with E-state index < -0.39 is 25.2 Å². The molecule has 0 aliphatic heterocycles. The van der Waals surface area contributed by atoms with Gasteiger partial charge in [-0.3, -0.25) is 0 Å². The standard InChI is InChI=1S/C39H48O6/c1-4-5-6-7-29-8-10-31(11-9-29)32-12-14-33(15-13-32)34-16-17-37-35(19-21-45-39(43)28(3)26-41)22-30(23-36(37)24-34)18-20-44-38(42)27(2)25-40/h12-17,22-24,29,31,40-41H,2-11,18-21,25-26H2,1H3. The van der Waals surface area contributed by atoms with E-state index >= 15 is 0 Å². The number of hydrogen-bond donors (Lipinski definition) is 2. The number of rotatable bonds is 16. The zero-order valence-electron chi connectivity index (χ0n) is 26.7. The Kier molecular flexibility index (Phi) is 13.0. The molecule has 1 saturated carbocycles. The number of benzene rings is 3. The number of carbonyl (C=O) groups is 2. The van der Waals surface area contributed by atoms with Crippen molar-refractivity contribution in [2.24, 2.45) is 5.92 Å². The second-order valence-electron chi connectivity index (χ2n) is 12.3. The molecule has 1 aliphatic carbocycles. The van der Waals surface area contributed by atoms with Gasteiger partial charge in [0.1, 0.15) is 0 Å². The summed E-state index contributed by atoms with van der Waals surface area (Å²) in [5, 5.41) is 20.4. The molecule has 0 unspecified atom stereocenters. The second-order valence-corrected chi connectivity index (χ2v) is 12.3. The Hall–Kier alpha value is -3.74. The van der Waals surface area contributed by atoms with E-state index in [1.807, 2.05) is 6.07 Å². The van der Waals surface area contributed by atoms with E-state index in [9.17, 15) is 9.59 Å². The van der Waals surface area contributed by atoms with Crippen molar-refractivity contribution < 1.29 is 29.3 Å². The fourth-order valence-electron chi connectivity index (χ4n) is 6.31. The maximum atomic E-state index is 12.0.